The molecule has 0 aromatic carbocycles. The second kappa shape index (κ2) is 8.36. The average Bonchev–Trinajstić information content (AvgIpc) is 3.43. The van der Waals surface area contributed by atoms with Crippen LogP contribution < -0.4 is 5.32 Å². The van der Waals surface area contributed by atoms with Crippen LogP contribution in [0.3, 0.4) is 0 Å². The number of hydrogen-bond donors (Lipinski definition) is 1. The van der Waals surface area contributed by atoms with E-state index in [1.165, 1.54) is 12.2 Å². The Morgan fingerprint density at radius 1 is 1.28 bits per heavy atom. The first-order chi connectivity index (χ1) is 14.1. The Hall–Kier alpha value is -2.68. The fourth-order valence-corrected chi connectivity index (χ4v) is 4.58. The highest BCUT2D eigenvalue weighted by Gasteiger charge is 2.24. The first-order valence-electron chi connectivity index (χ1n) is 9.95. The molecule has 1 aliphatic rings. The van der Waals surface area contributed by atoms with E-state index < -0.39 is 0 Å². The molecule has 1 N–H and O–H groups in total. The van der Waals surface area contributed by atoms with Crippen LogP contribution in [0.15, 0.2) is 24.8 Å². The Morgan fingerprint density at radius 3 is 2.86 bits per heavy atom. The van der Waals surface area contributed by atoms with Crippen LogP contribution in [0, 0.1) is 6.92 Å². The summed E-state index contributed by atoms with van der Waals surface area (Å²) in [4.78, 5) is 13.5. The number of fused-ring (bicyclic) bond motifs is 2. The van der Waals surface area contributed by atoms with Crippen molar-refractivity contribution in [3.05, 3.63) is 36.0 Å². The standard InChI is InChI=1S/C17H18N8S.C3H8/c1-10-5-14-19-9-20-25(14)7-12(10)21-17-18-6-13-16(22-17)15(23-24(13)2)11-3-4-26-8-11;1-3-2/h5-7,9,11H,3-4,8H2,1-2H3,(H,18,21,22);3H2,1-2H3. The van der Waals surface area contributed by atoms with Crippen LogP contribution in [0.5, 0.6) is 0 Å². The van der Waals surface area contributed by atoms with Gasteiger partial charge >= 0.3 is 0 Å². The molecule has 152 valence electrons. The fraction of sp³-hybridized carbons (Fsp3) is 0.450. The number of aryl methyl sites for hydroxylation is 2. The highest BCUT2D eigenvalue weighted by molar-refractivity contribution is 7.99. The van der Waals surface area contributed by atoms with E-state index in [1.54, 1.807) is 10.8 Å². The monoisotopic (exact) mass is 410 g/mol. The Bertz CT molecular complexity index is 1130. The second-order valence-corrected chi connectivity index (χ2v) is 8.41. The van der Waals surface area contributed by atoms with Gasteiger partial charge in [0, 0.05) is 18.7 Å². The molecule has 4 aromatic heterocycles. The van der Waals surface area contributed by atoms with E-state index in [-0.39, 0.29) is 0 Å². The normalized spacial score (nSPS) is 16.2. The fourth-order valence-electron chi connectivity index (χ4n) is 3.36. The number of nitrogens with one attached hydrogen (secondary N) is 1. The third-order valence-electron chi connectivity index (χ3n) is 4.80. The van der Waals surface area contributed by atoms with Crippen LogP contribution in [0.4, 0.5) is 11.6 Å². The first-order valence-corrected chi connectivity index (χ1v) is 11.1. The summed E-state index contributed by atoms with van der Waals surface area (Å²) in [6.45, 7) is 6.28. The molecule has 29 heavy (non-hydrogen) atoms. The summed E-state index contributed by atoms with van der Waals surface area (Å²) >= 11 is 1.98. The molecule has 5 heterocycles. The maximum absolute atomic E-state index is 4.78. The van der Waals surface area contributed by atoms with Gasteiger partial charge < -0.3 is 5.32 Å². The molecule has 0 spiro atoms. The third-order valence-corrected chi connectivity index (χ3v) is 5.97. The molecule has 0 saturated carbocycles. The Morgan fingerprint density at radius 2 is 2.10 bits per heavy atom. The number of nitrogens with zero attached hydrogens (tertiary/aromatic N) is 7. The van der Waals surface area contributed by atoms with Crippen LogP contribution in [0.25, 0.3) is 16.7 Å². The topological polar surface area (TPSA) is 85.8 Å². The zero-order chi connectivity index (χ0) is 20.4. The number of aromatic nitrogens is 7. The van der Waals surface area contributed by atoms with Crippen LogP contribution in [0.2, 0.25) is 0 Å². The summed E-state index contributed by atoms with van der Waals surface area (Å²) < 4.78 is 3.61. The number of rotatable bonds is 3. The lowest BCUT2D eigenvalue weighted by Crippen LogP contribution is -2.02. The average molecular weight is 411 g/mol. The van der Waals surface area contributed by atoms with Crippen LogP contribution in [-0.2, 0) is 7.05 Å². The van der Waals surface area contributed by atoms with Gasteiger partial charge in [-0.1, -0.05) is 20.3 Å². The Labute approximate surface area is 174 Å². The van der Waals surface area contributed by atoms with E-state index in [9.17, 15) is 0 Å². The van der Waals surface area contributed by atoms with Gasteiger partial charge in [0.1, 0.15) is 17.4 Å². The first kappa shape index (κ1) is 19.6. The minimum Gasteiger partial charge on any atom is -0.323 e. The Balaban J connectivity index is 0.000000645. The van der Waals surface area contributed by atoms with Crippen molar-refractivity contribution >= 4 is 40.1 Å². The van der Waals surface area contributed by atoms with Crippen molar-refractivity contribution in [2.45, 2.75) is 39.5 Å². The van der Waals surface area contributed by atoms with Gasteiger partial charge in [-0.3, -0.25) is 4.68 Å². The van der Waals surface area contributed by atoms with Gasteiger partial charge in [0.25, 0.3) is 0 Å². The molecule has 0 amide bonds. The summed E-state index contributed by atoms with van der Waals surface area (Å²) in [5.74, 6) is 3.34. The Kier molecular flexibility index (Phi) is 5.66. The van der Waals surface area contributed by atoms with Gasteiger partial charge in [-0.15, -0.1) is 0 Å². The van der Waals surface area contributed by atoms with E-state index in [0.717, 1.165) is 45.8 Å². The quantitative estimate of drug-likeness (QED) is 0.544. The van der Waals surface area contributed by atoms with Crippen LogP contribution in [0.1, 0.15) is 43.9 Å². The zero-order valence-electron chi connectivity index (χ0n) is 17.3. The predicted octanol–water partition coefficient (Wildman–Crippen LogP) is 4.09. The lowest BCUT2D eigenvalue weighted by Gasteiger charge is -2.09. The number of hydrogen-bond acceptors (Lipinski definition) is 7. The van der Waals surface area contributed by atoms with E-state index >= 15 is 0 Å². The number of pyridine rings is 1. The van der Waals surface area contributed by atoms with Crippen molar-refractivity contribution in [3.63, 3.8) is 0 Å². The van der Waals surface area contributed by atoms with Gasteiger partial charge in [0.15, 0.2) is 5.65 Å². The molecule has 8 nitrogen and oxygen atoms in total. The maximum Gasteiger partial charge on any atom is 0.227 e. The SMILES string of the molecule is CCC.Cc1cc2ncnn2cc1Nc1ncc2c(n1)c(C1CCSC1)nn2C. The molecule has 1 fully saturated rings. The maximum atomic E-state index is 4.78. The summed E-state index contributed by atoms with van der Waals surface area (Å²) in [5, 5.41) is 12.2. The van der Waals surface area contributed by atoms with E-state index in [1.807, 2.05) is 48.9 Å². The summed E-state index contributed by atoms with van der Waals surface area (Å²) in [6, 6.07) is 1.99. The minimum absolute atomic E-state index is 0.472. The van der Waals surface area contributed by atoms with Crippen molar-refractivity contribution in [1.82, 2.24) is 34.3 Å². The van der Waals surface area contributed by atoms with Crippen molar-refractivity contribution < 1.29 is 0 Å². The predicted molar refractivity (Wildman–Crippen MR) is 118 cm³/mol. The summed E-state index contributed by atoms with van der Waals surface area (Å²) in [5.41, 5.74) is 5.78. The number of anilines is 2. The smallest absolute Gasteiger partial charge is 0.227 e. The summed E-state index contributed by atoms with van der Waals surface area (Å²) in [7, 11) is 1.95. The minimum atomic E-state index is 0.472. The molecule has 1 saturated heterocycles. The van der Waals surface area contributed by atoms with Crippen molar-refractivity contribution in [1.29, 1.82) is 0 Å². The van der Waals surface area contributed by atoms with Gasteiger partial charge in [-0.2, -0.15) is 22.0 Å². The molecule has 9 heteroatoms. The largest absolute Gasteiger partial charge is 0.323 e. The van der Waals surface area contributed by atoms with Gasteiger partial charge in [-0.25, -0.2) is 19.5 Å². The van der Waals surface area contributed by atoms with Crippen molar-refractivity contribution in [2.24, 2.45) is 7.05 Å². The molecular weight excluding hydrogens is 384 g/mol. The van der Waals surface area contributed by atoms with Crippen molar-refractivity contribution in [3.8, 4) is 0 Å². The van der Waals surface area contributed by atoms with Crippen LogP contribution in [-0.4, -0.2) is 45.9 Å². The molecule has 1 atom stereocenters. The number of thioether (sulfide) groups is 1. The lowest BCUT2D eigenvalue weighted by atomic mass is 10.0. The summed E-state index contributed by atoms with van der Waals surface area (Å²) in [6.07, 6.45) is 7.70. The third kappa shape index (κ3) is 3.91. The van der Waals surface area contributed by atoms with Gasteiger partial charge in [0.05, 0.1) is 23.8 Å². The molecule has 4 aromatic rings. The van der Waals surface area contributed by atoms with Gasteiger partial charge in [0.2, 0.25) is 5.95 Å². The molecule has 5 rings (SSSR count). The van der Waals surface area contributed by atoms with Crippen molar-refractivity contribution in [2.75, 3.05) is 16.8 Å². The highest BCUT2D eigenvalue weighted by atomic mass is 32.2. The lowest BCUT2D eigenvalue weighted by molar-refractivity contribution is 0.699. The van der Waals surface area contributed by atoms with E-state index in [0.29, 0.717) is 11.9 Å². The molecule has 0 aliphatic carbocycles. The van der Waals surface area contributed by atoms with Crippen LogP contribution >= 0.6 is 11.8 Å². The van der Waals surface area contributed by atoms with E-state index in [4.69, 9.17) is 10.1 Å². The molecule has 0 radical (unpaired) electrons. The van der Waals surface area contributed by atoms with E-state index in [2.05, 4.69) is 34.2 Å². The molecule has 0 bridgehead atoms. The zero-order valence-corrected chi connectivity index (χ0v) is 18.1. The molecule has 1 aliphatic heterocycles. The molecule has 1 unspecified atom stereocenters. The second-order valence-electron chi connectivity index (χ2n) is 7.26. The van der Waals surface area contributed by atoms with Gasteiger partial charge in [-0.05, 0) is 30.7 Å². The molecular formula is C20H26N8S. The highest BCUT2D eigenvalue weighted by Crippen LogP contribution is 2.35.